The van der Waals surface area contributed by atoms with Crippen molar-refractivity contribution in [3.63, 3.8) is 0 Å². The lowest BCUT2D eigenvalue weighted by Gasteiger charge is -2.26. The summed E-state index contributed by atoms with van der Waals surface area (Å²) in [6.45, 7) is 4.62. The number of fused-ring (bicyclic) bond motifs is 2. The summed E-state index contributed by atoms with van der Waals surface area (Å²) in [5, 5.41) is 20.0. The predicted molar refractivity (Wildman–Crippen MR) is 87.3 cm³/mol. The molecule has 25 heavy (non-hydrogen) atoms. The maximum absolute atomic E-state index is 10.0. The summed E-state index contributed by atoms with van der Waals surface area (Å²) >= 11 is 0. The van der Waals surface area contributed by atoms with Crippen LogP contribution in [0.25, 0.3) is 0 Å². The van der Waals surface area contributed by atoms with E-state index in [1.54, 1.807) is 0 Å². The van der Waals surface area contributed by atoms with Crippen molar-refractivity contribution in [1.29, 1.82) is 10.5 Å². The molecule has 1 saturated carbocycles. The van der Waals surface area contributed by atoms with Gasteiger partial charge < -0.3 is 19.9 Å². The molecule has 5 atom stereocenters. The van der Waals surface area contributed by atoms with E-state index in [1.165, 1.54) is 0 Å². The highest BCUT2D eigenvalue weighted by molar-refractivity contribution is 6.00. The van der Waals surface area contributed by atoms with E-state index in [2.05, 4.69) is 17.1 Å². The van der Waals surface area contributed by atoms with Crippen molar-refractivity contribution in [1.82, 2.24) is 0 Å². The molecule has 0 aromatic heterocycles. The molecule has 2 aliphatic heterocycles. The third-order valence-electron chi connectivity index (χ3n) is 5.33. The highest BCUT2D eigenvalue weighted by Crippen LogP contribution is 2.82. The van der Waals surface area contributed by atoms with Crippen LogP contribution in [0.15, 0.2) is 29.3 Å². The molecule has 3 aliphatic rings. The van der Waals surface area contributed by atoms with Crippen LogP contribution in [0.5, 0.6) is 5.75 Å². The zero-order valence-corrected chi connectivity index (χ0v) is 14.0. The summed E-state index contributed by atoms with van der Waals surface area (Å²) in [7, 11) is 0. The molecule has 1 aliphatic carbocycles. The molecule has 0 bridgehead atoms. The third kappa shape index (κ3) is 1.62. The van der Waals surface area contributed by atoms with Gasteiger partial charge in [0, 0.05) is 5.92 Å². The first-order valence-corrected chi connectivity index (χ1v) is 8.24. The van der Waals surface area contributed by atoms with Gasteiger partial charge in [-0.15, -0.1) is 0 Å². The standard InChI is InChI=1S/C18H18N4O3/c1-3-23-13-6-4-12(5-7-13)14-16(9-19)15(21)22-18(17(14,16)10-20)24-8-11(2)25-18/h4-7,11,14H,3,8H2,1-2H3,(H2,21,22)/t11-,14-,16-,17+,18+/m0/s1. The lowest BCUT2D eigenvalue weighted by atomic mass is 9.94. The van der Waals surface area contributed by atoms with Gasteiger partial charge in [-0.3, -0.25) is 0 Å². The Morgan fingerprint density at radius 1 is 1.32 bits per heavy atom. The van der Waals surface area contributed by atoms with Gasteiger partial charge in [-0.1, -0.05) is 12.1 Å². The van der Waals surface area contributed by atoms with Crippen LogP contribution in [0.3, 0.4) is 0 Å². The second kappa shape index (κ2) is 4.95. The molecule has 1 spiro atoms. The van der Waals surface area contributed by atoms with Crippen LogP contribution in [-0.2, 0) is 9.47 Å². The first-order valence-electron chi connectivity index (χ1n) is 8.24. The molecule has 128 valence electrons. The van der Waals surface area contributed by atoms with E-state index in [-0.39, 0.29) is 11.9 Å². The van der Waals surface area contributed by atoms with Crippen LogP contribution in [0, 0.1) is 33.5 Å². The summed E-state index contributed by atoms with van der Waals surface area (Å²) in [5.41, 5.74) is 4.42. The van der Waals surface area contributed by atoms with Crippen molar-refractivity contribution in [3.8, 4) is 17.9 Å². The van der Waals surface area contributed by atoms with Gasteiger partial charge in [-0.25, -0.2) is 4.99 Å². The van der Waals surface area contributed by atoms with E-state index in [0.29, 0.717) is 13.2 Å². The van der Waals surface area contributed by atoms with Gasteiger partial charge >= 0.3 is 0 Å². The number of nitriles is 2. The van der Waals surface area contributed by atoms with E-state index in [0.717, 1.165) is 11.3 Å². The van der Waals surface area contributed by atoms with Crippen LogP contribution in [0.1, 0.15) is 25.3 Å². The van der Waals surface area contributed by atoms with Gasteiger partial charge in [0.2, 0.25) is 0 Å². The number of hydrogen-bond acceptors (Lipinski definition) is 7. The van der Waals surface area contributed by atoms with Crippen molar-refractivity contribution in [2.75, 3.05) is 13.2 Å². The van der Waals surface area contributed by atoms with E-state index >= 15 is 0 Å². The fourth-order valence-electron chi connectivity index (χ4n) is 4.28. The van der Waals surface area contributed by atoms with E-state index in [4.69, 9.17) is 19.9 Å². The van der Waals surface area contributed by atoms with Gasteiger partial charge in [0.05, 0.1) is 31.5 Å². The molecular weight excluding hydrogens is 320 g/mol. The second-order valence-corrected chi connectivity index (χ2v) is 6.59. The topological polar surface area (TPSA) is 114 Å². The normalized spacial score (nSPS) is 40.9. The fraction of sp³-hybridized carbons (Fsp3) is 0.500. The zero-order valence-electron chi connectivity index (χ0n) is 14.0. The molecule has 0 unspecified atom stereocenters. The Morgan fingerprint density at radius 3 is 2.56 bits per heavy atom. The van der Waals surface area contributed by atoms with Gasteiger partial charge in [0.15, 0.2) is 5.41 Å². The number of rotatable bonds is 3. The Balaban J connectivity index is 1.81. The number of amidine groups is 1. The number of benzene rings is 1. The Bertz CT molecular complexity index is 839. The van der Waals surface area contributed by atoms with Gasteiger partial charge in [-0.05, 0) is 31.5 Å². The van der Waals surface area contributed by atoms with Gasteiger partial charge in [0.25, 0.3) is 5.91 Å². The summed E-state index contributed by atoms with van der Waals surface area (Å²) < 4.78 is 17.1. The van der Waals surface area contributed by atoms with Crippen LogP contribution >= 0.6 is 0 Å². The minimum Gasteiger partial charge on any atom is -0.494 e. The van der Waals surface area contributed by atoms with E-state index in [1.807, 2.05) is 38.1 Å². The summed E-state index contributed by atoms with van der Waals surface area (Å²) in [5.74, 6) is -1.14. The van der Waals surface area contributed by atoms with E-state index < -0.39 is 22.7 Å². The Kier molecular flexibility index (Phi) is 3.15. The van der Waals surface area contributed by atoms with Gasteiger partial charge in [-0.2, -0.15) is 10.5 Å². The number of aliphatic imine (C=N–C) groups is 1. The number of nitrogens with zero attached hydrogens (tertiary/aromatic N) is 3. The molecule has 1 aromatic carbocycles. The number of nitrogens with two attached hydrogens (primary N) is 1. The Morgan fingerprint density at radius 2 is 2.04 bits per heavy atom. The quantitative estimate of drug-likeness (QED) is 0.896. The molecule has 1 saturated heterocycles. The number of ether oxygens (including phenoxy) is 3. The maximum atomic E-state index is 10.0. The Hall–Kier alpha value is -2.61. The molecular formula is C18H18N4O3. The molecule has 7 heteroatoms. The molecule has 2 heterocycles. The lowest BCUT2D eigenvalue weighted by Crippen LogP contribution is -2.39. The van der Waals surface area contributed by atoms with Crippen LogP contribution in [0.2, 0.25) is 0 Å². The van der Waals surface area contributed by atoms with Crippen LogP contribution in [-0.4, -0.2) is 31.1 Å². The molecule has 1 aromatic rings. The molecule has 0 radical (unpaired) electrons. The van der Waals surface area contributed by atoms with Crippen LogP contribution in [0.4, 0.5) is 0 Å². The monoisotopic (exact) mass is 338 g/mol. The van der Waals surface area contributed by atoms with Gasteiger partial charge in [0.1, 0.15) is 17.0 Å². The van der Waals surface area contributed by atoms with Crippen molar-refractivity contribution in [3.05, 3.63) is 29.8 Å². The molecule has 2 N–H and O–H groups in total. The maximum Gasteiger partial charge on any atom is 0.293 e. The average Bonchev–Trinajstić information content (AvgIpc) is 3.00. The predicted octanol–water partition coefficient (Wildman–Crippen LogP) is 1.66. The van der Waals surface area contributed by atoms with Crippen LogP contribution < -0.4 is 10.5 Å². The summed E-state index contributed by atoms with van der Waals surface area (Å²) in [6.07, 6.45) is -0.224. The highest BCUT2D eigenvalue weighted by atomic mass is 16.8. The minimum atomic E-state index is -1.51. The molecule has 2 fully saturated rings. The number of hydrogen-bond donors (Lipinski definition) is 1. The fourth-order valence-corrected chi connectivity index (χ4v) is 4.28. The smallest absolute Gasteiger partial charge is 0.293 e. The van der Waals surface area contributed by atoms with Crippen molar-refractivity contribution in [2.24, 2.45) is 21.6 Å². The van der Waals surface area contributed by atoms with Crippen molar-refractivity contribution >= 4 is 5.84 Å². The third-order valence-corrected chi connectivity index (χ3v) is 5.33. The van der Waals surface area contributed by atoms with Crippen molar-refractivity contribution < 1.29 is 14.2 Å². The zero-order chi connectivity index (χ0) is 17.9. The molecule has 0 amide bonds. The highest BCUT2D eigenvalue weighted by Gasteiger charge is 2.94. The Labute approximate surface area is 145 Å². The largest absolute Gasteiger partial charge is 0.494 e. The first-order chi connectivity index (χ1) is 12.0. The molecule has 7 nitrogen and oxygen atoms in total. The second-order valence-electron chi connectivity index (χ2n) is 6.59. The SMILES string of the molecule is CCOc1ccc([C@@H]2[C@@]3(C#N)[C@@]4(N=C(N)[C@]23C#N)OC[C@H](C)O4)cc1. The van der Waals surface area contributed by atoms with Crippen molar-refractivity contribution in [2.45, 2.75) is 31.8 Å². The molecule has 4 rings (SSSR count). The summed E-state index contributed by atoms with van der Waals surface area (Å²) in [6, 6.07) is 11.9. The average molecular weight is 338 g/mol. The first kappa shape index (κ1) is 15.9. The lowest BCUT2D eigenvalue weighted by molar-refractivity contribution is -0.193. The van der Waals surface area contributed by atoms with E-state index in [9.17, 15) is 10.5 Å². The summed E-state index contributed by atoms with van der Waals surface area (Å²) in [4.78, 5) is 4.29. The minimum absolute atomic E-state index is 0.101.